The lowest BCUT2D eigenvalue weighted by molar-refractivity contribution is -0.119. The molecule has 0 spiro atoms. The molecule has 12 heteroatoms. The number of nitrogens with zero attached hydrogens (tertiary/aromatic N) is 1. The lowest BCUT2D eigenvalue weighted by Gasteiger charge is -2.41. The smallest absolute Gasteiger partial charge is 0.337 e. The van der Waals surface area contributed by atoms with Crippen molar-refractivity contribution in [1.29, 1.82) is 0 Å². The van der Waals surface area contributed by atoms with Crippen LogP contribution in [0.2, 0.25) is 0 Å². The van der Waals surface area contributed by atoms with Gasteiger partial charge in [0.1, 0.15) is 23.5 Å². The lowest BCUT2D eigenvalue weighted by atomic mass is 9.39. The molecule has 196 valence electrons. The second kappa shape index (κ2) is 10.7. The number of hydrogen-bond acceptors (Lipinski definition) is 5. The summed E-state index contributed by atoms with van der Waals surface area (Å²) < 4.78 is 5.95. The average molecular weight is 524 g/mol. The van der Waals surface area contributed by atoms with Crippen LogP contribution in [0.15, 0.2) is 72.9 Å². The molecular weight excluding hydrogens is 491 g/mol. The minimum atomic E-state index is -1.06. The molecule has 3 aromatic carbocycles. The van der Waals surface area contributed by atoms with E-state index < -0.39 is 16.1 Å². The van der Waals surface area contributed by atoms with Crippen LogP contribution in [0.4, 0.5) is 5.69 Å². The van der Waals surface area contributed by atoms with Crippen molar-refractivity contribution < 1.29 is 14.3 Å². The third-order valence-corrected chi connectivity index (χ3v) is 8.07. The van der Waals surface area contributed by atoms with Crippen molar-refractivity contribution in [3.05, 3.63) is 101 Å². The van der Waals surface area contributed by atoms with E-state index in [1.165, 1.54) is 0 Å². The molecule has 3 N–H and O–H groups in total. The second-order valence-electron chi connectivity index (χ2n) is 11.9. The normalized spacial score (nSPS) is 13.4. The second-order valence-corrected chi connectivity index (χ2v) is 11.9. The summed E-state index contributed by atoms with van der Waals surface area (Å²) in [4.78, 5) is 31.2. The van der Waals surface area contributed by atoms with Gasteiger partial charge in [-0.2, -0.15) is 0 Å². The number of hydrogen-bond donors (Lipinski definition) is 2. The van der Waals surface area contributed by atoms with Gasteiger partial charge < -0.3 is 15.8 Å². The average Bonchev–Trinajstić information content (AvgIpc) is 2.87. The van der Waals surface area contributed by atoms with Crippen molar-refractivity contribution in [3.63, 3.8) is 0 Å². The largest absolute Gasteiger partial charge is 0.470 e. The van der Waals surface area contributed by atoms with Gasteiger partial charge in [-0.05, 0) is 70.9 Å². The van der Waals surface area contributed by atoms with E-state index >= 15 is 0 Å². The van der Waals surface area contributed by atoms with Crippen LogP contribution < -0.4 is 16.6 Å². The molecule has 0 saturated heterocycles. The molecule has 0 aliphatic carbocycles. The van der Waals surface area contributed by atoms with Crippen molar-refractivity contribution in [2.45, 2.75) is 29.9 Å². The number of nitrogens with two attached hydrogens (primary N) is 1. The number of amides is 1. The third-order valence-electron chi connectivity index (χ3n) is 8.07. The van der Waals surface area contributed by atoms with Crippen LogP contribution in [-0.4, -0.2) is 69.3 Å². The Kier molecular flexibility index (Phi) is 7.88. The SMILES string of the molecule is Bc1nccc2cc(NC(=O)C(B)(c3ccc(C(B)(B)OC(=O)c4ccc(C)cc4C)cc3)C(B)(B)N)ccc12. The zero-order valence-electron chi connectivity index (χ0n) is 24.7. The standard InChI is InChI=1S/C28H33B6N3O3/c1-15-3-9-21(16(2)13-15)24(38)40-27(31,32)19-6-4-18(5-7-19)26(30,28(33,34)35)25(39)37-20-8-10-22-17(14-20)11-12-36-23(22)29/h3-14H,29-35H2,1-2H3,(H,37,39). The number of carbonyl (C=O) groups is 2. The molecule has 1 heterocycles. The van der Waals surface area contributed by atoms with Crippen LogP contribution >= 0.6 is 0 Å². The third kappa shape index (κ3) is 5.64. The summed E-state index contributed by atoms with van der Waals surface area (Å²) in [5.41, 5.74) is 12.4. The van der Waals surface area contributed by atoms with Gasteiger partial charge in [0.25, 0.3) is 0 Å². The van der Waals surface area contributed by atoms with Crippen molar-refractivity contribution in [1.82, 2.24) is 4.98 Å². The van der Waals surface area contributed by atoms with Crippen molar-refractivity contribution in [2.75, 3.05) is 5.32 Å². The first-order valence-corrected chi connectivity index (χ1v) is 13.5. The number of pyridine rings is 1. The van der Waals surface area contributed by atoms with Gasteiger partial charge in [0, 0.05) is 22.8 Å². The van der Waals surface area contributed by atoms with Crippen LogP contribution in [0.5, 0.6) is 0 Å². The summed E-state index contributed by atoms with van der Waals surface area (Å²) in [6.45, 7) is 3.90. The van der Waals surface area contributed by atoms with Gasteiger partial charge in [-0.3, -0.25) is 9.78 Å². The van der Waals surface area contributed by atoms with Crippen LogP contribution in [0.25, 0.3) is 10.8 Å². The van der Waals surface area contributed by atoms with Crippen molar-refractivity contribution in [3.8, 4) is 0 Å². The van der Waals surface area contributed by atoms with Crippen molar-refractivity contribution in [2.24, 2.45) is 5.73 Å². The molecule has 4 rings (SSSR count). The molecule has 0 aliphatic heterocycles. The Morgan fingerprint density at radius 1 is 0.875 bits per heavy atom. The number of rotatable bonds is 7. The Morgan fingerprint density at radius 3 is 2.15 bits per heavy atom. The molecule has 0 aliphatic rings. The number of carbonyl (C=O) groups excluding carboxylic acids is 2. The van der Waals surface area contributed by atoms with Gasteiger partial charge in [-0.1, -0.05) is 48.0 Å². The summed E-state index contributed by atoms with van der Waals surface area (Å²) >= 11 is 0. The molecule has 0 radical (unpaired) electrons. The Bertz CT molecular complexity index is 1610. The number of nitrogens with one attached hydrogen (secondary N) is 1. The van der Waals surface area contributed by atoms with Gasteiger partial charge in [0.2, 0.25) is 5.91 Å². The first-order valence-electron chi connectivity index (χ1n) is 13.5. The van der Waals surface area contributed by atoms with Gasteiger partial charge in [0.15, 0.2) is 23.5 Å². The number of benzene rings is 3. The number of aryl methyl sites for hydroxylation is 2. The monoisotopic (exact) mass is 525 g/mol. The maximum Gasteiger partial charge on any atom is 0.337 e. The molecule has 1 atom stereocenters. The molecule has 0 bridgehead atoms. The quantitative estimate of drug-likeness (QED) is 0.209. The maximum atomic E-state index is 13.9. The van der Waals surface area contributed by atoms with E-state index in [1.807, 2.05) is 122 Å². The van der Waals surface area contributed by atoms with Gasteiger partial charge in [-0.15, -0.1) is 0 Å². The Hall–Kier alpha value is -3.64. The molecule has 40 heavy (non-hydrogen) atoms. The Morgan fingerprint density at radius 2 is 1.52 bits per heavy atom. The van der Waals surface area contributed by atoms with Gasteiger partial charge in [-0.25, -0.2) is 4.79 Å². The molecule has 0 saturated carbocycles. The predicted molar refractivity (Wildman–Crippen MR) is 179 cm³/mol. The zero-order valence-corrected chi connectivity index (χ0v) is 24.7. The fraction of sp³-hybridized carbons (Fsp3) is 0.179. The summed E-state index contributed by atoms with van der Waals surface area (Å²) in [7, 11) is 11.2. The first-order chi connectivity index (χ1) is 18.6. The van der Waals surface area contributed by atoms with E-state index in [0.717, 1.165) is 38.6 Å². The van der Waals surface area contributed by atoms with Crippen LogP contribution in [0, 0.1) is 13.8 Å². The van der Waals surface area contributed by atoms with E-state index in [9.17, 15) is 9.59 Å². The van der Waals surface area contributed by atoms with E-state index in [-0.39, 0.29) is 11.9 Å². The molecule has 0 fully saturated rings. The number of fused-ring (bicyclic) bond motifs is 1. The fourth-order valence-electron chi connectivity index (χ4n) is 5.05. The number of esters is 1. The highest BCUT2D eigenvalue weighted by Crippen LogP contribution is 2.32. The summed E-state index contributed by atoms with van der Waals surface area (Å²) in [6.07, 6.45) is 1.76. The molecule has 1 aromatic heterocycles. The summed E-state index contributed by atoms with van der Waals surface area (Å²) in [5.74, 6) is -0.585. The molecule has 1 amide bonds. The van der Waals surface area contributed by atoms with E-state index in [2.05, 4.69) is 10.3 Å². The van der Waals surface area contributed by atoms with Gasteiger partial charge in [0.05, 0.1) is 11.0 Å². The molecule has 6 nitrogen and oxygen atoms in total. The van der Waals surface area contributed by atoms with E-state index in [0.29, 0.717) is 11.3 Å². The molecular formula is C28H33B6N3O3. The zero-order chi connectivity index (χ0) is 29.5. The lowest BCUT2D eigenvalue weighted by Crippen LogP contribution is -2.65. The highest BCUT2D eigenvalue weighted by molar-refractivity contribution is 6.50. The van der Waals surface area contributed by atoms with E-state index in [1.54, 1.807) is 12.3 Å². The van der Waals surface area contributed by atoms with Gasteiger partial charge >= 0.3 is 5.97 Å². The minimum absolute atomic E-state index is 0.210. The van der Waals surface area contributed by atoms with Crippen LogP contribution in [0.1, 0.15) is 32.6 Å². The van der Waals surface area contributed by atoms with Crippen LogP contribution in [0.3, 0.4) is 0 Å². The highest BCUT2D eigenvalue weighted by Gasteiger charge is 2.46. The summed E-state index contributed by atoms with van der Waals surface area (Å²) in [5, 5.41) is 2.29. The highest BCUT2D eigenvalue weighted by atomic mass is 16.5. The topological polar surface area (TPSA) is 94.3 Å². The van der Waals surface area contributed by atoms with Crippen LogP contribution in [-0.2, 0) is 20.2 Å². The van der Waals surface area contributed by atoms with Crippen molar-refractivity contribution >= 4 is 81.0 Å². The first kappa shape index (κ1) is 29.3. The molecule has 1 unspecified atom stereocenters. The number of aromatic nitrogens is 1. The molecule has 4 aromatic rings. The maximum absolute atomic E-state index is 13.9. The minimum Gasteiger partial charge on any atom is -0.470 e. The summed E-state index contributed by atoms with van der Waals surface area (Å²) in [6, 6.07) is 21.0. The number of anilines is 1. The Balaban J connectivity index is 1.60. The van der Waals surface area contributed by atoms with E-state index in [4.69, 9.17) is 10.5 Å². The Labute approximate surface area is 241 Å². The predicted octanol–water partition coefficient (Wildman–Crippen LogP) is -2.31. The number of ether oxygens (including phenoxy) is 1. The fourth-order valence-corrected chi connectivity index (χ4v) is 5.05.